The van der Waals surface area contributed by atoms with E-state index in [1.54, 1.807) is 0 Å². The van der Waals surface area contributed by atoms with Crippen LogP contribution < -0.4 is 11.1 Å². The Morgan fingerprint density at radius 2 is 1.85 bits per heavy atom. The number of nitrogens with two attached hydrogens (primary N) is 1. The summed E-state index contributed by atoms with van der Waals surface area (Å²) < 4.78 is 0.898. The SMILES string of the molecule is Cc1ccc(C(Nc2ccccc2Br)C(N)=O)cc1C. The predicted octanol–water partition coefficient (Wildman–Crippen LogP) is 3.70. The van der Waals surface area contributed by atoms with Gasteiger partial charge in [-0.05, 0) is 58.6 Å². The minimum Gasteiger partial charge on any atom is -0.369 e. The molecule has 3 N–H and O–H groups in total. The lowest BCUT2D eigenvalue weighted by atomic mass is 10.0. The van der Waals surface area contributed by atoms with Crippen molar-refractivity contribution < 1.29 is 4.79 Å². The molecule has 1 unspecified atom stereocenters. The molecule has 0 fully saturated rings. The van der Waals surface area contributed by atoms with Crippen LogP contribution in [0.4, 0.5) is 5.69 Å². The molecule has 1 amide bonds. The number of primary amides is 1. The Morgan fingerprint density at radius 1 is 1.15 bits per heavy atom. The minimum atomic E-state index is -0.548. The fourth-order valence-electron chi connectivity index (χ4n) is 2.00. The van der Waals surface area contributed by atoms with Crippen molar-refractivity contribution in [3.8, 4) is 0 Å². The quantitative estimate of drug-likeness (QED) is 0.896. The summed E-state index contributed by atoms with van der Waals surface area (Å²) >= 11 is 3.46. The fourth-order valence-corrected chi connectivity index (χ4v) is 2.40. The first-order valence-electron chi connectivity index (χ1n) is 6.36. The van der Waals surface area contributed by atoms with Crippen LogP contribution in [0.25, 0.3) is 0 Å². The van der Waals surface area contributed by atoms with E-state index < -0.39 is 11.9 Å². The molecule has 1 atom stereocenters. The standard InChI is InChI=1S/C16H17BrN2O/c1-10-7-8-12(9-11(10)2)15(16(18)20)19-14-6-4-3-5-13(14)17/h3-9,15,19H,1-2H3,(H2,18,20). The third-order valence-electron chi connectivity index (χ3n) is 3.32. The van der Waals surface area contributed by atoms with Crippen LogP contribution in [0.2, 0.25) is 0 Å². The van der Waals surface area contributed by atoms with Gasteiger partial charge in [0.25, 0.3) is 0 Å². The van der Waals surface area contributed by atoms with Crippen LogP contribution in [0.3, 0.4) is 0 Å². The van der Waals surface area contributed by atoms with Crippen molar-refractivity contribution in [2.24, 2.45) is 5.73 Å². The number of hydrogen-bond acceptors (Lipinski definition) is 2. The monoisotopic (exact) mass is 332 g/mol. The zero-order chi connectivity index (χ0) is 14.7. The molecule has 2 aromatic carbocycles. The number of hydrogen-bond donors (Lipinski definition) is 2. The number of aryl methyl sites for hydroxylation is 2. The van der Waals surface area contributed by atoms with Gasteiger partial charge in [-0.1, -0.05) is 30.3 Å². The van der Waals surface area contributed by atoms with Gasteiger partial charge in [-0.2, -0.15) is 0 Å². The molecule has 4 heteroatoms. The molecule has 0 spiro atoms. The highest BCUT2D eigenvalue weighted by Gasteiger charge is 2.18. The molecule has 0 aliphatic rings. The second-order valence-electron chi connectivity index (χ2n) is 4.80. The fraction of sp³-hybridized carbons (Fsp3) is 0.188. The Morgan fingerprint density at radius 3 is 2.45 bits per heavy atom. The largest absolute Gasteiger partial charge is 0.369 e. The van der Waals surface area contributed by atoms with Crippen molar-refractivity contribution in [1.82, 2.24) is 0 Å². The van der Waals surface area contributed by atoms with Gasteiger partial charge < -0.3 is 11.1 Å². The molecule has 0 bridgehead atoms. The van der Waals surface area contributed by atoms with Gasteiger partial charge in [0.15, 0.2) is 0 Å². The molecule has 0 saturated carbocycles. The number of nitrogens with one attached hydrogen (secondary N) is 1. The van der Waals surface area contributed by atoms with Gasteiger partial charge in [-0.15, -0.1) is 0 Å². The Kier molecular flexibility index (Phi) is 4.45. The first-order valence-corrected chi connectivity index (χ1v) is 7.16. The molecule has 0 saturated heterocycles. The van der Waals surface area contributed by atoms with Crippen molar-refractivity contribution in [2.75, 3.05) is 5.32 Å². The number of carbonyl (C=O) groups is 1. The van der Waals surface area contributed by atoms with Crippen LogP contribution in [0.5, 0.6) is 0 Å². The van der Waals surface area contributed by atoms with Crippen LogP contribution in [-0.4, -0.2) is 5.91 Å². The maximum absolute atomic E-state index is 11.8. The third-order valence-corrected chi connectivity index (χ3v) is 4.01. The number of amides is 1. The molecular formula is C16H17BrN2O. The van der Waals surface area contributed by atoms with E-state index in [0.29, 0.717) is 0 Å². The van der Waals surface area contributed by atoms with Crippen LogP contribution >= 0.6 is 15.9 Å². The van der Waals surface area contributed by atoms with Crippen LogP contribution in [-0.2, 0) is 4.79 Å². The topological polar surface area (TPSA) is 55.1 Å². The highest BCUT2D eigenvalue weighted by atomic mass is 79.9. The first kappa shape index (κ1) is 14.6. The molecule has 0 aliphatic carbocycles. The van der Waals surface area contributed by atoms with Gasteiger partial charge in [0.1, 0.15) is 6.04 Å². The van der Waals surface area contributed by atoms with Gasteiger partial charge in [0.05, 0.1) is 0 Å². The maximum Gasteiger partial charge on any atom is 0.244 e. The van der Waals surface area contributed by atoms with Crippen LogP contribution in [0.15, 0.2) is 46.9 Å². The molecule has 2 aromatic rings. The van der Waals surface area contributed by atoms with E-state index in [1.165, 1.54) is 5.56 Å². The van der Waals surface area contributed by atoms with Crippen LogP contribution in [0.1, 0.15) is 22.7 Å². The van der Waals surface area contributed by atoms with Gasteiger partial charge >= 0.3 is 0 Å². The summed E-state index contributed by atoms with van der Waals surface area (Å²) in [6.07, 6.45) is 0. The summed E-state index contributed by atoms with van der Waals surface area (Å²) in [4.78, 5) is 11.8. The van der Waals surface area contributed by atoms with E-state index in [2.05, 4.69) is 21.2 Å². The lowest BCUT2D eigenvalue weighted by molar-refractivity contribution is -0.118. The Labute approximate surface area is 127 Å². The van der Waals surface area contributed by atoms with E-state index in [4.69, 9.17) is 5.73 Å². The van der Waals surface area contributed by atoms with Crippen molar-refractivity contribution >= 4 is 27.5 Å². The smallest absolute Gasteiger partial charge is 0.244 e. The summed E-state index contributed by atoms with van der Waals surface area (Å²) in [5, 5.41) is 3.19. The molecule has 2 rings (SSSR count). The molecule has 104 valence electrons. The Bertz CT molecular complexity index is 640. The van der Waals surface area contributed by atoms with Gasteiger partial charge in [-0.3, -0.25) is 4.79 Å². The summed E-state index contributed by atoms with van der Waals surface area (Å²) in [6.45, 7) is 4.06. The average molecular weight is 333 g/mol. The number of halogens is 1. The number of benzene rings is 2. The van der Waals surface area contributed by atoms with Gasteiger partial charge in [0, 0.05) is 10.2 Å². The number of para-hydroxylation sites is 1. The zero-order valence-corrected chi connectivity index (χ0v) is 13.1. The van der Waals surface area contributed by atoms with Crippen molar-refractivity contribution in [3.63, 3.8) is 0 Å². The highest BCUT2D eigenvalue weighted by molar-refractivity contribution is 9.10. The maximum atomic E-state index is 11.8. The second kappa shape index (κ2) is 6.09. The molecule has 0 aromatic heterocycles. The molecule has 0 aliphatic heterocycles. The normalized spacial score (nSPS) is 11.9. The molecular weight excluding hydrogens is 316 g/mol. The van der Waals surface area contributed by atoms with Crippen LogP contribution in [0, 0.1) is 13.8 Å². The lowest BCUT2D eigenvalue weighted by Gasteiger charge is -2.19. The summed E-state index contributed by atoms with van der Waals surface area (Å²) in [5.74, 6) is -0.399. The van der Waals surface area contributed by atoms with E-state index in [0.717, 1.165) is 21.3 Å². The number of rotatable bonds is 4. The van der Waals surface area contributed by atoms with E-state index >= 15 is 0 Å². The number of anilines is 1. The van der Waals surface area contributed by atoms with Gasteiger partial charge in [-0.25, -0.2) is 0 Å². The Hall–Kier alpha value is -1.81. The van der Waals surface area contributed by atoms with E-state index in [9.17, 15) is 4.79 Å². The zero-order valence-electron chi connectivity index (χ0n) is 11.5. The third kappa shape index (κ3) is 3.20. The van der Waals surface area contributed by atoms with Crippen molar-refractivity contribution in [1.29, 1.82) is 0 Å². The summed E-state index contributed by atoms with van der Waals surface area (Å²) in [7, 11) is 0. The summed E-state index contributed by atoms with van der Waals surface area (Å²) in [6, 6.07) is 13.0. The lowest BCUT2D eigenvalue weighted by Crippen LogP contribution is -2.28. The van der Waals surface area contributed by atoms with E-state index in [1.807, 2.05) is 56.3 Å². The van der Waals surface area contributed by atoms with Gasteiger partial charge in [0.2, 0.25) is 5.91 Å². The second-order valence-corrected chi connectivity index (χ2v) is 5.66. The predicted molar refractivity (Wildman–Crippen MR) is 85.6 cm³/mol. The molecule has 0 heterocycles. The summed E-state index contributed by atoms with van der Waals surface area (Å²) in [5.41, 5.74) is 9.59. The van der Waals surface area contributed by atoms with E-state index in [-0.39, 0.29) is 0 Å². The molecule has 0 radical (unpaired) electrons. The van der Waals surface area contributed by atoms with Crippen molar-refractivity contribution in [3.05, 3.63) is 63.6 Å². The average Bonchev–Trinajstić information content (AvgIpc) is 2.41. The molecule has 3 nitrogen and oxygen atoms in total. The number of carbonyl (C=O) groups excluding carboxylic acids is 1. The minimum absolute atomic E-state index is 0.399. The molecule has 20 heavy (non-hydrogen) atoms. The highest BCUT2D eigenvalue weighted by Crippen LogP contribution is 2.27. The van der Waals surface area contributed by atoms with Crippen molar-refractivity contribution in [2.45, 2.75) is 19.9 Å². The Balaban J connectivity index is 2.34. The first-order chi connectivity index (χ1) is 9.49.